The lowest BCUT2D eigenvalue weighted by Crippen LogP contribution is -2.11. The highest BCUT2D eigenvalue weighted by molar-refractivity contribution is 5.87. The number of Topliss-reactive ketones (excluding diaryl/α,β-unsaturated/α-hetero) is 1. The van der Waals surface area contributed by atoms with Crippen LogP contribution in [0.15, 0.2) is 48.8 Å². The lowest BCUT2D eigenvalue weighted by molar-refractivity contribution is -0.120. The third kappa shape index (κ3) is 3.98. The zero-order valence-corrected chi connectivity index (χ0v) is 15.5. The van der Waals surface area contributed by atoms with E-state index in [1.54, 1.807) is 6.33 Å². The number of ketones is 1. The minimum Gasteiger partial charge on any atom is -0.345 e. The van der Waals surface area contributed by atoms with Crippen molar-refractivity contribution in [3.8, 4) is 0 Å². The molecule has 130 valence electrons. The van der Waals surface area contributed by atoms with Crippen LogP contribution in [0.3, 0.4) is 0 Å². The van der Waals surface area contributed by atoms with Crippen molar-refractivity contribution in [2.75, 3.05) is 0 Å². The van der Waals surface area contributed by atoms with Crippen LogP contribution in [-0.4, -0.2) is 15.8 Å². The second kappa shape index (κ2) is 6.83. The number of hydrogen-bond donors (Lipinski definition) is 1. The Hall–Kier alpha value is -2.42. The SMILES string of the molecule is CC(C(=O)CCc1ccc(C(C)(C)C)cc1)c1ccc2nc[nH]c2c1. The molecule has 0 amide bonds. The number of nitrogens with one attached hydrogen (secondary N) is 1. The Morgan fingerprint density at radius 2 is 1.84 bits per heavy atom. The van der Waals surface area contributed by atoms with Crippen LogP contribution in [0.4, 0.5) is 0 Å². The molecule has 1 unspecified atom stereocenters. The molecule has 0 aliphatic heterocycles. The van der Waals surface area contributed by atoms with Crippen molar-refractivity contribution in [2.24, 2.45) is 0 Å². The molecule has 3 nitrogen and oxygen atoms in total. The summed E-state index contributed by atoms with van der Waals surface area (Å²) in [7, 11) is 0. The summed E-state index contributed by atoms with van der Waals surface area (Å²) in [5.41, 5.74) is 5.66. The van der Waals surface area contributed by atoms with Gasteiger partial charge in [0.05, 0.1) is 17.4 Å². The number of aromatic amines is 1. The normalized spacial score (nSPS) is 13.1. The summed E-state index contributed by atoms with van der Waals surface area (Å²) in [4.78, 5) is 19.9. The molecular weight excluding hydrogens is 308 g/mol. The molecule has 0 saturated carbocycles. The standard InChI is InChI=1S/C22H26N2O/c1-15(17-8-11-19-20(13-17)24-14-23-19)21(25)12-7-16-5-9-18(10-6-16)22(2,3)4/h5-6,8-11,13-15H,7,12H2,1-4H3,(H,23,24). The van der Waals surface area contributed by atoms with Gasteiger partial charge in [0, 0.05) is 12.3 Å². The zero-order chi connectivity index (χ0) is 18.0. The number of imidazole rings is 1. The Morgan fingerprint density at radius 3 is 2.52 bits per heavy atom. The van der Waals surface area contributed by atoms with Gasteiger partial charge in [-0.1, -0.05) is 58.0 Å². The van der Waals surface area contributed by atoms with E-state index in [9.17, 15) is 4.79 Å². The molecule has 0 spiro atoms. The number of nitrogens with zero attached hydrogens (tertiary/aromatic N) is 1. The molecule has 0 bridgehead atoms. The molecule has 0 saturated heterocycles. The van der Waals surface area contributed by atoms with Gasteiger partial charge in [0.25, 0.3) is 0 Å². The molecular formula is C22H26N2O. The van der Waals surface area contributed by atoms with Crippen LogP contribution in [0.2, 0.25) is 0 Å². The zero-order valence-electron chi connectivity index (χ0n) is 15.5. The quantitative estimate of drug-likeness (QED) is 0.700. The van der Waals surface area contributed by atoms with Gasteiger partial charge >= 0.3 is 0 Å². The van der Waals surface area contributed by atoms with Crippen LogP contribution in [0, 0.1) is 0 Å². The number of fused-ring (bicyclic) bond motifs is 1. The van der Waals surface area contributed by atoms with Crippen LogP contribution in [0.25, 0.3) is 11.0 Å². The van der Waals surface area contributed by atoms with Gasteiger partial charge in [-0.3, -0.25) is 4.79 Å². The Bertz CT molecular complexity index is 869. The third-order valence-corrected chi connectivity index (χ3v) is 4.91. The van der Waals surface area contributed by atoms with Crippen molar-refractivity contribution >= 4 is 16.8 Å². The van der Waals surface area contributed by atoms with Crippen molar-refractivity contribution < 1.29 is 4.79 Å². The van der Waals surface area contributed by atoms with Crippen molar-refractivity contribution in [3.63, 3.8) is 0 Å². The maximum Gasteiger partial charge on any atom is 0.140 e. The third-order valence-electron chi connectivity index (χ3n) is 4.91. The maximum absolute atomic E-state index is 12.6. The molecule has 2 aromatic carbocycles. The predicted octanol–water partition coefficient (Wildman–Crippen LogP) is 5.17. The highest BCUT2D eigenvalue weighted by Crippen LogP contribution is 2.24. The second-order valence-corrected chi connectivity index (χ2v) is 7.81. The van der Waals surface area contributed by atoms with Crippen LogP contribution < -0.4 is 0 Å². The Kier molecular flexibility index (Phi) is 4.76. The Balaban J connectivity index is 1.63. The first-order chi connectivity index (χ1) is 11.8. The van der Waals surface area contributed by atoms with E-state index in [2.05, 4.69) is 55.0 Å². The minimum absolute atomic E-state index is 0.0958. The highest BCUT2D eigenvalue weighted by Gasteiger charge is 2.17. The average Bonchev–Trinajstić information content (AvgIpc) is 3.06. The molecule has 1 heterocycles. The molecule has 0 radical (unpaired) electrons. The Morgan fingerprint density at radius 1 is 1.12 bits per heavy atom. The summed E-state index contributed by atoms with van der Waals surface area (Å²) in [6.07, 6.45) is 3.04. The molecule has 0 aliphatic rings. The maximum atomic E-state index is 12.6. The highest BCUT2D eigenvalue weighted by atomic mass is 16.1. The van der Waals surface area contributed by atoms with E-state index in [1.807, 2.05) is 25.1 Å². The number of aryl methyl sites for hydroxylation is 1. The van der Waals surface area contributed by atoms with E-state index in [0.717, 1.165) is 23.0 Å². The van der Waals surface area contributed by atoms with Gasteiger partial charge in [-0.05, 0) is 40.7 Å². The molecule has 0 aliphatic carbocycles. The van der Waals surface area contributed by atoms with E-state index in [1.165, 1.54) is 11.1 Å². The van der Waals surface area contributed by atoms with Crippen molar-refractivity contribution in [3.05, 3.63) is 65.5 Å². The van der Waals surface area contributed by atoms with Crippen LogP contribution in [0.5, 0.6) is 0 Å². The second-order valence-electron chi connectivity index (χ2n) is 7.81. The van der Waals surface area contributed by atoms with Crippen LogP contribution >= 0.6 is 0 Å². The lowest BCUT2D eigenvalue weighted by Gasteiger charge is -2.19. The summed E-state index contributed by atoms with van der Waals surface area (Å²) in [6, 6.07) is 14.7. The number of H-pyrrole nitrogens is 1. The average molecular weight is 334 g/mol. The van der Waals surface area contributed by atoms with Crippen molar-refractivity contribution in [2.45, 2.75) is 51.9 Å². The molecule has 1 atom stereocenters. The largest absolute Gasteiger partial charge is 0.345 e. The van der Waals surface area contributed by atoms with Gasteiger partial charge in [-0.2, -0.15) is 0 Å². The number of carbonyl (C=O) groups excluding carboxylic acids is 1. The van der Waals surface area contributed by atoms with E-state index >= 15 is 0 Å². The van der Waals surface area contributed by atoms with Gasteiger partial charge in [0.1, 0.15) is 5.78 Å². The Labute approximate surface area is 149 Å². The van der Waals surface area contributed by atoms with E-state index in [0.29, 0.717) is 6.42 Å². The summed E-state index contributed by atoms with van der Waals surface area (Å²) < 4.78 is 0. The van der Waals surface area contributed by atoms with E-state index in [4.69, 9.17) is 0 Å². The predicted molar refractivity (Wildman–Crippen MR) is 103 cm³/mol. The number of aromatic nitrogens is 2. The van der Waals surface area contributed by atoms with Gasteiger partial charge in [-0.15, -0.1) is 0 Å². The fraction of sp³-hybridized carbons (Fsp3) is 0.364. The number of carbonyl (C=O) groups is 1. The summed E-state index contributed by atoms with van der Waals surface area (Å²) in [5, 5.41) is 0. The van der Waals surface area contributed by atoms with Gasteiger partial charge in [0.15, 0.2) is 0 Å². The number of hydrogen-bond acceptors (Lipinski definition) is 2. The smallest absolute Gasteiger partial charge is 0.140 e. The first kappa shape index (κ1) is 17.4. The van der Waals surface area contributed by atoms with Gasteiger partial charge in [-0.25, -0.2) is 4.98 Å². The number of benzene rings is 2. The van der Waals surface area contributed by atoms with Crippen LogP contribution in [-0.2, 0) is 16.6 Å². The molecule has 25 heavy (non-hydrogen) atoms. The summed E-state index contributed by atoms with van der Waals surface area (Å²) in [6.45, 7) is 8.62. The topological polar surface area (TPSA) is 45.8 Å². The van der Waals surface area contributed by atoms with Gasteiger partial charge < -0.3 is 4.98 Å². The van der Waals surface area contributed by atoms with E-state index in [-0.39, 0.29) is 17.1 Å². The molecule has 0 fully saturated rings. The molecule has 1 N–H and O–H groups in total. The summed E-state index contributed by atoms with van der Waals surface area (Å²) >= 11 is 0. The first-order valence-electron chi connectivity index (χ1n) is 8.90. The monoisotopic (exact) mass is 334 g/mol. The van der Waals surface area contributed by atoms with Crippen LogP contribution in [0.1, 0.15) is 56.7 Å². The first-order valence-corrected chi connectivity index (χ1v) is 8.90. The molecule has 3 aromatic rings. The molecule has 1 aromatic heterocycles. The molecule has 3 rings (SSSR count). The fourth-order valence-corrected chi connectivity index (χ4v) is 3.06. The van der Waals surface area contributed by atoms with Crippen molar-refractivity contribution in [1.82, 2.24) is 9.97 Å². The van der Waals surface area contributed by atoms with E-state index < -0.39 is 0 Å². The van der Waals surface area contributed by atoms with Gasteiger partial charge in [0.2, 0.25) is 0 Å². The van der Waals surface area contributed by atoms with Crippen molar-refractivity contribution in [1.29, 1.82) is 0 Å². The lowest BCUT2D eigenvalue weighted by atomic mass is 9.86. The minimum atomic E-state index is -0.0958. The molecule has 3 heteroatoms. The summed E-state index contributed by atoms with van der Waals surface area (Å²) in [5.74, 6) is 0.181. The number of rotatable bonds is 5. The fourth-order valence-electron chi connectivity index (χ4n) is 3.06.